The van der Waals surface area contributed by atoms with Gasteiger partial charge in [0.25, 0.3) is 5.91 Å². The molecule has 1 aliphatic heterocycles. The molecule has 1 fully saturated rings. The summed E-state index contributed by atoms with van der Waals surface area (Å²) >= 11 is 3.38. The van der Waals surface area contributed by atoms with E-state index < -0.39 is 0 Å². The molecule has 1 saturated heterocycles. The SMILES string of the molecule is CCC(CC)C(CNC(=O)COc1ccc(Br)cc1)N1CCOCC1. The van der Waals surface area contributed by atoms with E-state index in [-0.39, 0.29) is 12.5 Å². The molecule has 1 atom stereocenters. The molecule has 1 unspecified atom stereocenters. The molecule has 1 heterocycles. The van der Waals surface area contributed by atoms with Gasteiger partial charge >= 0.3 is 0 Å². The predicted octanol–water partition coefficient (Wildman–Crippen LogP) is 3.08. The summed E-state index contributed by atoms with van der Waals surface area (Å²) in [5.74, 6) is 1.20. The zero-order valence-electron chi connectivity index (χ0n) is 15.2. The van der Waals surface area contributed by atoms with Crippen LogP contribution in [0, 0.1) is 5.92 Å². The Morgan fingerprint density at radius 2 is 1.88 bits per heavy atom. The number of carbonyl (C=O) groups is 1. The van der Waals surface area contributed by atoms with Crippen LogP contribution in [0.4, 0.5) is 0 Å². The van der Waals surface area contributed by atoms with Gasteiger partial charge in [0.05, 0.1) is 13.2 Å². The number of amides is 1. The first-order valence-electron chi connectivity index (χ1n) is 9.10. The van der Waals surface area contributed by atoms with E-state index in [0.717, 1.165) is 43.6 Å². The number of carbonyl (C=O) groups excluding carboxylic acids is 1. The molecule has 1 amide bonds. The summed E-state index contributed by atoms with van der Waals surface area (Å²) in [6, 6.07) is 7.84. The van der Waals surface area contributed by atoms with Gasteiger partial charge in [-0.15, -0.1) is 0 Å². The van der Waals surface area contributed by atoms with Crippen molar-refractivity contribution in [3.8, 4) is 5.75 Å². The van der Waals surface area contributed by atoms with E-state index in [1.54, 1.807) is 0 Å². The second kappa shape index (κ2) is 10.8. The lowest BCUT2D eigenvalue weighted by atomic mass is 9.92. The number of morpholine rings is 1. The molecular formula is C19H29BrN2O3. The standard InChI is InChI=1S/C19H29BrN2O3/c1-3-15(4-2)18(22-9-11-24-12-10-22)13-21-19(23)14-25-17-7-5-16(20)6-8-17/h5-8,15,18H,3-4,9-14H2,1-2H3,(H,21,23). The highest BCUT2D eigenvalue weighted by Crippen LogP contribution is 2.20. The van der Waals surface area contributed by atoms with Crippen molar-refractivity contribution in [3.63, 3.8) is 0 Å². The maximum absolute atomic E-state index is 12.2. The monoisotopic (exact) mass is 412 g/mol. The van der Waals surface area contributed by atoms with Gasteiger partial charge in [-0.3, -0.25) is 9.69 Å². The number of hydrogen-bond donors (Lipinski definition) is 1. The Balaban J connectivity index is 1.83. The van der Waals surface area contributed by atoms with Crippen LogP contribution in [0.25, 0.3) is 0 Å². The number of rotatable bonds is 9. The Morgan fingerprint density at radius 3 is 2.48 bits per heavy atom. The molecule has 5 nitrogen and oxygen atoms in total. The third-order valence-electron chi connectivity index (χ3n) is 4.80. The Kier molecular flexibility index (Phi) is 8.72. The molecule has 25 heavy (non-hydrogen) atoms. The molecule has 0 saturated carbocycles. The number of nitrogens with zero attached hydrogens (tertiary/aromatic N) is 1. The van der Waals surface area contributed by atoms with Gasteiger partial charge in [-0.1, -0.05) is 42.6 Å². The molecule has 1 aromatic carbocycles. The number of nitrogens with one attached hydrogen (secondary N) is 1. The topological polar surface area (TPSA) is 50.8 Å². The maximum atomic E-state index is 12.2. The van der Waals surface area contributed by atoms with Crippen molar-refractivity contribution < 1.29 is 14.3 Å². The highest BCUT2D eigenvalue weighted by Gasteiger charge is 2.27. The molecule has 0 radical (unpaired) electrons. The molecule has 0 aliphatic carbocycles. The fourth-order valence-corrected chi connectivity index (χ4v) is 3.55. The van der Waals surface area contributed by atoms with Gasteiger partial charge in [-0.25, -0.2) is 0 Å². The molecule has 0 bridgehead atoms. The first-order valence-corrected chi connectivity index (χ1v) is 9.90. The molecule has 1 aliphatic rings. The van der Waals surface area contributed by atoms with Gasteiger partial charge in [0.2, 0.25) is 0 Å². The van der Waals surface area contributed by atoms with Crippen LogP contribution in [-0.4, -0.2) is 56.3 Å². The van der Waals surface area contributed by atoms with Crippen molar-refractivity contribution in [1.82, 2.24) is 10.2 Å². The van der Waals surface area contributed by atoms with E-state index in [4.69, 9.17) is 9.47 Å². The molecule has 1 aromatic rings. The van der Waals surface area contributed by atoms with E-state index in [2.05, 4.69) is 40.0 Å². The first-order chi connectivity index (χ1) is 12.1. The van der Waals surface area contributed by atoms with Gasteiger partial charge in [-0.05, 0) is 30.2 Å². The van der Waals surface area contributed by atoms with Crippen molar-refractivity contribution in [2.24, 2.45) is 5.92 Å². The van der Waals surface area contributed by atoms with Gasteiger partial charge in [0.1, 0.15) is 5.75 Å². The summed E-state index contributed by atoms with van der Waals surface area (Å²) < 4.78 is 12.0. The first kappa shape index (κ1) is 20.2. The summed E-state index contributed by atoms with van der Waals surface area (Å²) in [4.78, 5) is 14.6. The second-order valence-electron chi connectivity index (χ2n) is 6.34. The zero-order valence-corrected chi connectivity index (χ0v) is 16.8. The predicted molar refractivity (Wildman–Crippen MR) is 103 cm³/mol. The minimum atomic E-state index is -0.0767. The van der Waals surface area contributed by atoms with E-state index in [0.29, 0.717) is 24.3 Å². The van der Waals surface area contributed by atoms with Crippen LogP contribution in [-0.2, 0) is 9.53 Å². The lowest BCUT2D eigenvalue weighted by molar-refractivity contribution is -0.123. The van der Waals surface area contributed by atoms with Crippen LogP contribution in [0.15, 0.2) is 28.7 Å². The smallest absolute Gasteiger partial charge is 0.257 e. The van der Waals surface area contributed by atoms with Crippen LogP contribution in [0.2, 0.25) is 0 Å². The summed E-state index contributed by atoms with van der Waals surface area (Å²) in [5.41, 5.74) is 0. The number of benzene rings is 1. The average molecular weight is 413 g/mol. The lowest BCUT2D eigenvalue weighted by Gasteiger charge is -2.38. The molecule has 1 N–H and O–H groups in total. The highest BCUT2D eigenvalue weighted by molar-refractivity contribution is 9.10. The number of ether oxygens (including phenoxy) is 2. The minimum absolute atomic E-state index is 0.0420. The fraction of sp³-hybridized carbons (Fsp3) is 0.632. The fourth-order valence-electron chi connectivity index (χ4n) is 3.28. The third kappa shape index (κ3) is 6.60. The van der Waals surface area contributed by atoms with Crippen molar-refractivity contribution in [2.45, 2.75) is 32.7 Å². The summed E-state index contributed by atoms with van der Waals surface area (Å²) in [7, 11) is 0. The van der Waals surface area contributed by atoms with Crippen LogP contribution in [0.3, 0.4) is 0 Å². The molecule has 6 heteroatoms. The third-order valence-corrected chi connectivity index (χ3v) is 5.33. The highest BCUT2D eigenvalue weighted by atomic mass is 79.9. The Hall–Kier alpha value is -1.11. The lowest BCUT2D eigenvalue weighted by Crippen LogP contribution is -2.52. The largest absolute Gasteiger partial charge is 0.484 e. The second-order valence-corrected chi connectivity index (χ2v) is 7.25. The summed E-state index contributed by atoms with van der Waals surface area (Å²) in [5, 5.41) is 3.06. The quantitative estimate of drug-likeness (QED) is 0.676. The molecule has 140 valence electrons. The number of halogens is 1. The van der Waals surface area contributed by atoms with Crippen molar-refractivity contribution in [3.05, 3.63) is 28.7 Å². The summed E-state index contributed by atoms with van der Waals surface area (Å²) in [6.45, 7) is 8.57. The van der Waals surface area contributed by atoms with Gasteiger partial charge < -0.3 is 14.8 Å². The maximum Gasteiger partial charge on any atom is 0.257 e. The summed E-state index contributed by atoms with van der Waals surface area (Å²) in [6.07, 6.45) is 2.23. The normalized spacial score (nSPS) is 16.6. The van der Waals surface area contributed by atoms with Gasteiger partial charge in [0, 0.05) is 30.1 Å². The van der Waals surface area contributed by atoms with Crippen LogP contribution in [0.5, 0.6) is 5.75 Å². The average Bonchev–Trinajstić information content (AvgIpc) is 2.65. The van der Waals surface area contributed by atoms with Crippen molar-refractivity contribution >= 4 is 21.8 Å². The van der Waals surface area contributed by atoms with Crippen molar-refractivity contribution in [1.29, 1.82) is 0 Å². The Morgan fingerprint density at radius 1 is 1.24 bits per heavy atom. The van der Waals surface area contributed by atoms with Crippen LogP contribution >= 0.6 is 15.9 Å². The van der Waals surface area contributed by atoms with Gasteiger partial charge in [-0.2, -0.15) is 0 Å². The van der Waals surface area contributed by atoms with E-state index in [1.807, 2.05) is 24.3 Å². The molecular weight excluding hydrogens is 384 g/mol. The van der Waals surface area contributed by atoms with E-state index >= 15 is 0 Å². The van der Waals surface area contributed by atoms with Crippen LogP contribution in [0.1, 0.15) is 26.7 Å². The van der Waals surface area contributed by atoms with Crippen LogP contribution < -0.4 is 10.1 Å². The molecule has 0 spiro atoms. The van der Waals surface area contributed by atoms with E-state index in [1.165, 1.54) is 0 Å². The van der Waals surface area contributed by atoms with Crippen molar-refractivity contribution in [2.75, 3.05) is 39.5 Å². The Bertz CT molecular complexity index is 514. The Labute approximate surface area is 159 Å². The van der Waals surface area contributed by atoms with E-state index in [9.17, 15) is 4.79 Å². The minimum Gasteiger partial charge on any atom is -0.484 e. The molecule has 0 aromatic heterocycles. The zero-order chi connectivity index (χ0) is 18.1. The van der Waals surface area contributed by atoms with Gasteiger partial charge in [0.15, 0.2) is 6.61 Å². The number of hydrogen-bond acceptors (Lipinski definition) is 4. The molecule has 2 rings (SSSR count).